The van der Waals surface area contributed by atoms with Crippen LogP contribution in [0.1, 0.15) is 43.2 Å². The van der Waals surface area contributed by atoms with Crippen LogP contribution in [-0.4, -0.2) is 36.0 Å². The SMILES string of the molecule is OCCN(Cc1cc(Cl)cc2c1OCOC2)C1CCCCC1. The smallest absolute Gasteiger partial charge is 0.189 e. The number of hydrogen-bond acceptors (Lipinski definition) is 4. The van der Waals surface area contributed by atoms with E-state index in [0.717, 1.165) is 28.4 Å². The Labute approximate surface area is 137 Å². The lowest BCUT2D eigenvalue weighted by Crippen LogP contribution is -2.38. The molecule has 1 aliphatic heterocycles. The molecular formula is C17H24ClNO3. The number of rotatable bonds is 5. The molecule has 5 heteroatoms. The number of benzene rings is 1. The van der Waals surface area contributed by atoms with Gasteiger partial charge in [0.05, 0.1) is 13.2 Å². The van der Waals surface area contributed by atoms with E-state index in [9.17, 15) is 5.11 Å². The Kier molecular flexibility index (Phi) is 5.58. The van der Waals surface area contributed by atoms with Crippen molar-refractivity contribution in [2.75, 3.05) is 19.9 Å². The minimum absolute atomic E-state index is 0.184. The molecule has 1 saturated carbocycles. The molecule has 0 saturated heterocycles. The second-order valence-electron chi connectivity index (χ2n) is 6.15. The average Bonchev–Trinajstić information content (AvgIpc) is 2.55. The first-order valence-corrected chi connectivity index (χ1v) is 8.52. The van der Waals surface area contributed by atoms with Gasteiger partial charge in [-0.15, -0.1) is 0 Å². The standard InChI is InChI=1S/C17H24ClNO3/c18-15-8-13(17-14(9-15)11-21-12-22-17)10-19(6-7-20)16-4-2-1-3-5-16/h8-9,16,20H,1-7,10-12H2. The summed E-state index contributed by atoms with van der Waals surface area (Å²) in [5, 5.41) is 10.1. The van der Waals surface area contributed by atoms with Crippen LogP contribution >= 0.6 is 11.6 Å². The van der Waals surface area contributed by atoms with E-state index in [-0.39, 0.29) is 6.61 Å². The maximum absolute atomic E-state index is 9.42. The van der Waals surface area contributed by atoms with Gasteiger partial charge in [0.2, 0.25) is 0 Å². The monoisotopic (exact) mass is 325 g/mol. The molecule has 0 bridgehead atoms. The van der Waals surface area contributed by atoms with Crippen LogP contribution in [0, 0.1) is 0 Å². The van der Waals surface area contributed by atoms with Crippen LogP contribution in [0.25, 0.3) is 0 Å². The molecule has 1 N–H and O–H groups in total. The highest BCUT2D eigenvalue weighted by Crippen LogP contribution is 2.33. The molecule has 1 heterocycles. The molecule has 2 aliphatic rings. The molecule has 122 valence electrons. The molecule has 0 unspecified atom stereocenters. The number of aliphatic hydroxyl groups is 1. The van der Waals surface area contributed by atoms with Crippen molar-refractivity contribution in [1.82, 2.24) is 4.90 Å². The summed E-state index contributed by atoms with van der Waals surface area (Å²) in [5.74, 6) is 0.911. The van der Waals surface area contributed by atoms with Crippen LogP contribution in [0.5, 0.6) is 5.75 Å². The van der Waals surface area contributed by atoms with Crippen LogP contribution in [-0.2, 0) is 17.9 Å². The van der Waals surface area contributed by atoms with E-state index in [0.29, 0.717) is 26.0 Å². The van der Waals surface area contributed by atoms with Crippen LogP contribution in [0.15, 0.2) is 12.1 Å². The van der Waals surface area contributed by atoms with E-state index in [1.54, 1.807) is 0 Å². The number of ether oxygens (including phenoxy) is 2. The number of hydrogen-bond donors (Lipinski definition) is 1. The molecule has 0 spiro atoms. The number of nitrogens with zero attached hydrogens (tertiary/aromatic N) is 1. The van der Waals surface area contributed by atoms with E-state index >= 15 is 0 Å². The van der Waals surface area contributed by atoms with Crippen molar-refractivity contribution in [3.05, 3.63) is 28.3 Å². The minimum atomic E-state index is 0.184. The molecule has 4 nitrogen and oxygen atoms in total. The van der Waals surface area contributed by atoms with Gasteiger partial charge < -0.3 is 14.6 Å². The van der Waals surface area contributed by atoms with E-state index in [1.165, 1.54) is 32.1 Å². The van der Waals surface area contributed by atoms with E-state index in [4.69, 9.17) is 21.1 Å². The van der Waals surface area contributed by atoms with Gasteiger partial charge in [-0.2, -0.15) is 0 Å². The Hall–Kier alpha value is -0.810. The van der Waals surface area contributed by atoms with Gasteiger partial charge in [-0.25, -0.2) is 0 Å². The van der Waals surface area contributed by atoms with Crippen molar-refractivity contribution < 1.29 is 14.6 Å². The first-order chi connectivity index (χ1) is 10.8. The second-order valence-corrected chi connectivity index (χ2v) is 6.59. The lowest BCUT2D eigenvalue weighted by atomic mass is 9.93. The lowest BCUT2D eigenvalue weighted by Gasteiger charge is -2.34. The van der Waals surface area contributed by atoms with Crippen LogP contribution in [0.4, 0.5) is 0 Å². The van der Waals surface area contributed by atoms with Crippen molar-refractivity contribution in [1.29, 1.82) is 0 Å². The van der Waals surface area contributed by atoms with Gasteiger partial charge in [0.15, 0.2) is 6.79 Å². The molecule has 1 aromatic carbocycles. The molecule has 1 fully saturated rings. The van der Waals surface area contributed by atoms with E-state index in [2.05, 4.69) is 4.90 Å². The second kappa shape index (κ2) is 7.64. The highest BCUT2D eigenvalue weighted by Gasteiger charge is 2.24. The zero-order valence-electron chi connectivity index (χ0n) is 12.9. The molecule has 0 radical (unpaired) electrons. The molecule has 0 atom stereocenters. The Morgan fingerprint density at radius 2 is 2.05 bits per heavy atom. The summed E-state index contributed by atoms with van der Waals surface area (Å²) < 4.78 is 11.0. The van der Waals surface area contributed by atoms with E-state index in [1.807, 2.05) is 12.1 Å². The number of fused-ring (bicyclic) bond motifs is 1. The number of halogens is 1. The first-order valence-electron chi connectivity index (χ1n) is 8.14. The van der Waals surface area contributed by atoms with Crippen molar-refractivity contribution >= 4 is 11.6 Å². The van der Waals surface area contributed by atoms with Gasteiger partial charge in [-0.3, -0.25) is 4.90 Å². The molecule has 3 rings (SSSR count). The summed E-state index contributed by atoms with van der Waals surface area (Å²) in [5.41, 5.74) is 2.12. The fourth-order valence-electron chi connectivity index (χ4n) is 3.56. The molecule has 0 amide bonds. The number of aliphatic hydroxyl groups excluding tert-OH is 1. The van der Waals surface area contributed by atoms with Crippen LogP contribution in [0.3, 0.4) is 0 Å². The minimum Gasteiger partial charge on any atom is -0.467 e. The predicted molar refractivity (Wildman–Crippen MR) is 86.1 cm³/mol. The summed E-state index contributed by atoms with van der Waals surface area (Å²) in [6.45, 7) is 2.50. The molecular weight excluding hydrogens is 302 g/mol. The fraction of sp³-hybridized carbons (Fsp3) is 0.647. The van der Waals surface area contributed by atoms with E-state index < -0.39 is 0 Å². The van der Waals surface area contributed by atoms with Crippen molar-refractivity contribution in [2.45, 2.75) is 51.3 Å². The zero-order chi connectivity index (χ0) is 15.4. The van der Waals surface area contributed by atoms with Gasteiger partial charge in [0, 0.05) is 35.3 Å². The summed E-state index contributed by atoms with van der Waals surface area (Å²) in [4.78, 5) is 2.38. The maximum atomic E-state index is 9.42. The summed E-state index contributed by atoms with van der Waals surface area (Å²) in [7, 11) is 0. The normalized spacial score (nSPS) is 19.0. The predicted octanol–water partition coefficient (Wildman–Crippen LogP) is 3.33. The average molecular weight is 326 g/mol. The highest BCUT2D eigenvalue weighted by atomic mass is 35.5. The van der Waals surface area contributed by atoms with Gasteiger partial charge in [0.1, 0.15) is 5.75 Å². The van der Waals surface area contributed by atoms with Crippen LogP contribution < -0.4 is 4.74 Å². The maximum Gasteiger partial charge on any atom is 0.189 e. The molecule has 0 aromatic heterocycles. The van der Waals surface area contributed by atoms with Gasteiger partial charge in [-0.1, -0.05) is 30.9 Å². The topological polar surface area (TPSA) is 41.9 Å². The van der Waals surface area contributed by atoms with Crippen molar-refractivity contribution in [3.8, 4) is 5.75 Å². The lowest BCUT2D eigenvalue weighted by molar-refractivity contribution is -0.0178. The largest absolute Gasteiger partial charge is 0.467 e. The summed E-state index contributed by atoms with van der Waals surface area (Å²) >= 11 is 6.25. The molecule has 1 aliphatic carbocycles. The quantitative estimate of drug-likeness (QED) is 0.901. The Morgan fingerprint density at radius 3 is 2.82 bits per heavy atom. The summed E-state index contributed by atoms with van der Waals surface area (Å²) in [6, 6.07) is 4.45. The summed E-state index contributed by atoms with van der Waals surface area (Å²) in [6.07, 6.45) is 6.32. The third-order valence-corrected chi connectivity index (χ3v) is 4.82. The Morgan fingerprint density at radius 1 is 1.23 bits per heavy atom. The fourth-order valence-corrected chi connectivity index (χ4v) is 3.82. The Bertz CT molecular complexity index is 503. The first kappa shape index (κ1) is 16.1. The highest BCUT2D eigenvalue weighted by molar-refractivity contribution is 6.30. The third-order valence-electron chi connectivity index (χ3n) is 4.60. The third kappa shape index (κ3) is 3.74. The van der Waals surface area contributed by atoms with Crippen molar-refractivity contribution in [3.63, 3.8) is 0 Å². The zero-order valence-corrected chi connectivity index (χ0v) is 13.6. The van der Waals surface area contributed by atoms with Crippen molar-refractivity contribution in [2.24, 2.45) is 0 Å². The van der Waals surface area contributed by atoms with Crippen LogP contribution in [0.2, 0.25) is 5.02 Å². The van der Waals surface area contributed by atoms with Gasteiger partial charge in [-0.05, 0) is 25.0 Å². The van der Waals surface area contributed by atoms with Gasteiger partial charge >= 0.3 is 0 Å². The molecule has 1 aromatic rings. The Balaban J connectivity index is 1.81. The molecule has 22 heavy (non-hydrogen) atoms. The van der Waals surface area contributed by atoms with Gasteiger partial charge in [0.25, 0.3) is 0 Å².